The number of rotatable bonds is 2. The van der Waals surface area contributed by atoms with Gasteiger partial charge in [-0.1, -0.05) is 11.6 Å². The Bertz CT molecular complexity index is 556. The van der Waals surface area contributed by atoms with Gasteiger partial charge in [0.25, 0.3) is 0 Å². The van der Waals surface area contributed by atoms with Gasteiger partial charge in [-0.2, -0.15) is 0 Å². The summed E-state index contributed by atoms with van der Waals surface area (Å²) in [4.78, 5) is 0. The van der Waals surface area contributed by atoms with Crippen LogP contribution in [0.4, 0.5) is 18.9 Å². The van der Waals surface area contributed by atoms with Crippen LogP contribution in [0.15, 0.2) is 30.3 Å². The highest BCUT2D eigenvalue weighted by atomic mass is 35.5. The van der Waals surface area contributed by atoms with Crippen LogP contribution < -0.4 is 5.32 Å². The number of hydrogen-bond donors (Lipinski definition) is 1. The fraction of sp³-hybridized carbons (Fsp3) is 0.0769. The normalized spacial score (nSPS) is 10.5. The lowest BCUT2D eigenvalue weighted by Crippen LogP contribution is -1.95. The van der Waals surface area contributed by atoms with E-state index in [1.165, 1.54) is 19.2 Å². The molecule has 2 rings (SSSR count). The molecular weight excluding hydrogens is 263 g/mol. The van der Waals surface area contributed by atoms with Crippen LogP contribution in [0.25, 0.3) is 11.1 Å². The summed E-state index contributed by atoms with van der Waals surface area (Å²) in [6.07, 6.45) is 0. The lowest BCUT2D eigenvalue weighted by Gasteiger charge is -2.09. The van der Waals surface area contributed by atoms with Crippen molar-refractivity contribution in [2.75, 3.05) is 12.4 Å². The molecule has 0 spiro atoms. The minimum Gasteiger partial charge on any atom is -0.385 e. The molecule has 0 atom stereocenters. The van der Waals surface area contributed by atoms with Crippen LogP contribution in [0, 0.1) is 17.5 Å². The van der Waals surface area contributed by atoms with E-state index in [4.69, 9.17) is 11.6 Å². The fourth-order valence-electron chi connectivity index (χ4n) is 1.70. The van der Waals surface area contributed by atoms with Crippen molar-refractivity contribution >= 4 is 17.3 Å². The van der Waals surface area contributed by atoms with Gasteiger partial charge in [-0.15, -0.1) is 0 Å². The highest BCUT2D eigenvalue weighted by molar-refractivity contribution is 6.33. The summed E-state index contributed by atoms with van der Waals surface area (Å²) in [6.45, 7) is 0. The molecule has 0 aliphatic carbocycles. The van der Waals surface area contributed by atoms with Gasteiger partial charge in [0.2, 0.25) is 0 Å². The first-order valence-electron chi connectivity index (χ1n) is 5.14. The van der Waals surface area contributed by atoms with E-state index in [1.54, 1.807) is 0 Å². The lowest BCUT2D eigenvalue weighted by atomic mass is 10.0. The van der Waals surface area contributed by atoms with E-state index in [1.807, 2.05) is 0 Å². The van der Waals surface area contributed by atoms with Crippen LogP contribution >= 0.6 is 11.6 Å². The first-order valence-corrected chi connectivity index (χ1v) is 5.52. The van der Waals surface area contributed by atoms with Crippen molar-refractivity contribution in [3.63, 3.8) is 0 Å². The van der Waals surface area contributed by atoms with E-state index in [0.717, 1.165) is 18.2 Å². The summed E-state index contributed by atoms with van der Waals surface area (Å²) in [5.74, 6) is -2.02. The van der Waals surface area contributed by atoms with E-state index in [0.29, 0.717) is 5.56 Å². The summed E-state index contributed by atoms with van der Waals surface area (Å²) in [5, 5.41) is 2.76. The zero-order valence-electron chi connectivity index (χ0n) is 9.40. The molecule has 0 heterocycles. The zero-order valence-corrected chi connectivity index (χ0v) is 10.2. The molecule has 0 bridgehead atoms. The second kappa shape index (κ2) is 4.90. The van der Waals surface area contributed by atoms with Crippen molar-refractivity contribution in [2.24, 2.45) is 0 Å². The first-order chi connectivity index (χ1) is 8.51. The maximum absolute atomic E-state index is 13.7. The van der Waals surface area contributed by atoms with E-state index in [2.05, 4.69) is 5.32 Å². The molecule has 18 heavy (non-hydrogen) atoms. The molecule has 0 aliphatic rings. The van der Waals surface area contributed by atoms with Crippen LogP contribution in [-0.2, 0) is 0 Å². The average molecular weight is 272 g/mol. The van der Waals surface area contributed by atoms with Crippen LogP contribution in [0.3, 0.4) is 0 Å². The molecule has 1 N–H and O–H groups in total. The number of halogens is 4. The molecule has 0 saturated carbocycles. The maximum atomic E-state index is 13.7. The molecule has 0 aliphatic heterocycles. The second-order valence-corrected chi connectivity index (χ2v) is 4.13. The average Bonchev–Trinajstić information content (AvgIpc) is 2.27. The Morgan fingerprint density at radius 1 is 0.889 bits per heavy atom. The predicted molar refractivity (Wildman–Crippen MR) is 66.3 cm³/mol. The van der Waals surface area contributed by atoms with Gasteiger partial charge in [0.1, 0.15) is 17.5 Å². The zero-order chi connectivity index (χ0) is 13.3. The molecule has 0 radical (unpaired) electrons. The Kier molecular flexibility index (Phi) is 3.48. The summed E-state index contributed by atoms with van der Waals surface area (Å²) in [7, 11) is 1.53. The Hall–Kier alpha value is -1.68. The SMILES string of the molecule is CNc1c(F)cc(-c2cc(F)cc(F)c2)cc1Cl. The highest BCUT2D eigenvalue weighted by Gasteiger charge is 2.10. The van der Waals surface area contributed by atoms with Crippen molar-refractivity contribution in [3.05, 3.63) is 52.8 Å². The minimum atomic E-state index is -0.723. The third kappa shape index (κ3) is 2.43. The minimum absolute atomic E-state index is 0.150. The smallest absolute Gasteiger partial charge is 0.148 e. The van der Waals surface area contributed by atoms with Crippen molar-refractivity contribution in [1.82, 2.24) is 0 Å². The number of nitrogens with one attached hydrogen (secondary N) is 1. The molecule has 2 aromatic carbocycles. The summed E-state index contributed by atoms with van der Waals surface area (Å²) < 4.78 is 39.8. The van der Waals surface area contributed by atoms with Crippen LogP contribution in [-0.4, -0.2) is 7.05 Å². The van der Waals surface area contributed by atoms with Crippen molar-refractivity contribution in [2.45, 2.75) is 0 Å². The third-order valence-electron chi connectivity index (χ3n) is 2.49. The monoisotopic (exact) mass is 271 g/mol. The largest absolute Gasteiger partial charge is 0.385 e. The molecule has 1 nitrogen and oxygen atoms in total. The number of hydrogen-bond acceptors (Lipinski definition) is 1. The topological polar surface area (TPSA) is 12.0 Å². The van der Waals surface area contributed by atoms with Crippen molar-refractivity contribution < 1.29 is 13.2 Å². The van der Waals surface area contributed by atoms with Gasteiger partial charge in [-0.3, -0.25) is 0 Å². The van der Waals surface area contributed by atoms with E-state index >= 15 is 0 Å². The van der Waals surface area contributed by atoms with Crippen LogP contribution in [0.1, 0.15) is 0 Å². The quantitative estimate of drug-likeness (QED) is 0.850. The van der Waals surface area contributed by atoms with Gasteiger partial charge >= 0.3 is 0 Å². The summed E-state index contributed by atoms with van der Waals surface area (Å²) in [6, 6.07) is 5.61. The molecule has 0 aromatic heterocycles. The fourth-order valence-corrected chi connectivity index (χ4v) is 2.00. The Morgan fingerprint density at radius 3 is 1.94 bits per heavy atom. The number of benzene rings is 2. The van der Waals surface area contributed by atoms with Gasteiger partial charge < -0.3 is 5.32 Å². The predicted octanol–water partition coefficient (Wildman–Crippen LogP) is 4.47. The van der Waals surface area contributed by atoms with Gasteiger partial charge in [0.05, 0.1) is 10.7 Å². The van der Waals surface area contributed by atoms with Gasteiger partial charge in [-0.05, 0) is 35.4 Å². The summed E-state index contributed by atoms with van der Waals surface area (Å²) >= 11 is 5.87. The third-order valence-corrected chi connectivity index (χ3v) is 2.79. The Balaban J connectivity index is 2.58. The second-order valence-electron chi connectivity index (χ2n) is 3.72. The van der Waals surface area contributed by atoms with Crippen LogP contribution in [0.2, 0.25) is 5.02 Å². The number of anilines is 1. The van der Waals surface area contributed by atoms with E-state index < -0.39 is 17.5 Å². The van der Waals surface area contributed by atoms with Gasteiger partial charge in [0, 0.05) is 13.1 Å². The molecule has 5 heteroatoms. The molecule has 94 valence electrons. The lowest BCUT2D eigenvalue weighted by molar-refractivity contribution is 0.584. The van der Waals surface area contributed by atoms with E-state index in [9.17, 15) is 13.2 Å². The standard InChI is InChI=1S/C13H9ClF3N/c1-18-13-11(14)4-8(5-12(13)17)7-2-9(15)6-10(16)3-7/h2-6,18H,1H3. The molecule has 0 saturated heterocycles. The van der Waals surface area contributed by atoms with Gasteiger partial charge in [0.15, 0.2) is 0 Å². The molecule has 0 unspecified atom stereocenters. The van der Waals surface area contributed by atoms with E-state index in [-0.39, 0.29) is 16.3 Å². The van der Waals surface area contributed by atoms with Gasteiger partial charge in [-0.25, -0.2) is 13.2 Å². The molecule has 0 fully saturated rings. The molecule has 0 amide bonds. The maximum Gasteiger partial charge on any atom is 0.148 e. The molecule has 2 aromatic rings. The molecular formula is C13H9ClF3N. The Morgan fingerprint density at radius 2 is 1.44 bits per heavy atom. The highest BCUT2D eigenvalue weighted by Crippen LogP contribution is 2.31. The van der Waals surface area contributed by atoms with Crippen molar-refractivity contribution in [1.29, 1.82) is 0 Å². The first kappa shape index (κ1) is 12.8. The van der Waals surface area contributed by atoms with Crippen LogP contribution in [0.5, 0.6) is 0 Å². The Labute approximate surface area is 107 Å². The van der Waals surface area contributed by atoms with Crippen molar-refractivity contribution in [3.8, 4) is 11.1 Å². The summed E-state index contributed by atoms with van der Waals surface area (Å²) in [5.41, 5.74) is 0.697.